The van der Waals surface area contributed by atoms with Crippen LogP contribution in [-0.4, -0.2) is 16.5 Å². The third-order valence-corrected chi connectivity index (χ3v) is 6.84. The van der Waals surface area contributed by atoms with Crippen LogP contribution in [0.3, 0.4) is 0 Å². The van der Waals surface area contributed by atoms with Crippen LogP contribution in [0.2, 0.25) is 19.6 Å². The smallest absolute Gasteiger partial charge is 0.200 e. The fraction of sp³-hybridized carbons (Fsp3) is 0.154. The normalized spacial score (nSPS) is 11.0. The van der Waals surface area contributed by atoms with Gasteiger partial charge in [0.15, 0.2) is 0 Å². The van der Waals surface area contributed by atoms with E-state index < -0.39 is 18.1 Å². The van der Waals surface area contributed by atoms with Crippen LogP contribution in [0.5, 0.6) is 0 Å². The number of aryl methyl sites for hydroxylation is 1. The molecule has 0 saturated heterocycles. The Balaban J connectivity index is 2.19. The van der Waals surface area contributed by atoms with Gasteiger partial charge in [0.05, 0.1) is 10.6 Å². The maximum atomic E-state index is 13.6. The van der Waals surface area contributed by atoms with Crippen LogP contribution in [0.15, 0.2) is 83.8 Å². The zero-order chi connectivity index (χ0) is 22.5. The molecule has 3 aromatic carbocycles. The Labute approximate surface area is 186 Å². The van der Waals surface area contributed by atoms with Crippen molar-refractivity contribution < 1.29 is 8.42 Å². The van der Waals surface area contributed by atoms with Crippen LogP contribution in [0.1, 0.15) is 16.7 Å². The van der Waals surface area contributed by atoms with E-state index in [1.165, 1.54) is 0 Å². The Bertz CT molecular complexity index is 1280. The first kappa shape index (κ1) is 22.4. The van der Waals surface area contributed by atoms with E-state index in [0.29, 0.717) is 11.3 Å². The molecule has 0 saturated carbocycles. The maximum absolute atomic E-state index is 13.6. The second kappa shape index (κ2) is 9.26. The number of hydrogen-bond acceptors (Lipinski definition) is 2. The van der Waals surface area contributed by atoms with Gasteiger partial charge in [-0.15, -0.1) is 5.54 Å². The summed E-state index contributed by atoms with van der Waals surface area (Å²) in [6, 6.07) is 26.3. The Morgan fingerprint density at radius 3 is 2.03 bits per heavy atom. The van der Waals surface area contributed by atoms with Gasteiger partial charge in [-0.3, -0.25) is 0 Å². The predicted molar refractivity (Wildman–Crippen MR) is 131 cm³/mol. The van der Waals surface area contributed by atoms with Crippen LogP contribution < -0.4 is 4.31 Å². The second-order valence-corrected chi connectivity index (χ2v) is 14.7. The molecule has 0 unspecified atom stereocenters. The fourth-order valence-electron chi connectivity index (χ4n) is 2.71. The number of benzene rings is 3. The van der Waals surface area contributed by atoms with E-state index in [1.807, 2.05) is 49.4 Å². The summed E-state index contributed by atoms with van der Waals surface area (Å²) in [5.41, 5.74) is 6.14. The third-order valence-electron chi connectivity index (χ3n) is 4.33. The highest BCUT2D eigenvalue weighted by molar-refractivity contribution is 7.93. The van der Waals surface area contributed by atoms with Gasteiger partial charge in [0.1, 0.15) is 8.07 Å². The van der Waals surface area contributed by atoms with Gasteiger partial charge in [0.25, 0.3) is 10.0 Å². The summed E-state index contributed by atoms with van der Waals surface area (Å²) in [6.07, 6.45) is 0. The highest BCUT2D eigenvalue weighted by Crippen LogP contribution is 2.26. The summed E-state index contributed by atoms with van der Waals surface area (Å²) in [7, 11) is -5.56. The lowest BCUT2D eigenvalue weighted by atomic mass is 10.2. The molecular weight excluding hydrogens is 418 g/mol. The molecule has 0 aliphatic carbocycles. The van der Waals surface area contributed by atoms with Crippen LogP contribution in [0.25, 0.3) is 0 Å². The molecule has 0 amide bonds. The third kappa shape index (κ3) is 5.89. The van der Waals surface area contributed by atoms with Crippen LogP contribution >= 0.6 is 0 Å². The Morgan fingerprint density at radius 2 is 1.39 bits per heavy atom. The topological polar surface area (TPSA) is 37.4 Å². The molecule has 0 spiro atoms. The van der Waals surface area contributed by atoms with E-state index in [1.54, 1.807) is 36.4 Å². The van der Waals surface area contributed by atoms with Gasteiger partial charge in [-0.2, -0.15) is 4.31 Å². The summed E-state index contributed by atoms with van der Waals surface area (Å²) in [4.78, 5) is 0.188. The molecule has 0 N–H and O–H groups in total. The molecule has 0 bridgehead atoms. The molecule has 0 radical (unpaired) electrons. The quantitative estimate of drug-likeness (QED) is 0.308. The van der Waals surface area contributed by atoms with Crippen molar-refractivity contribution in [2.45, 2.75) is 31.5 Å². The van der Waals surface area contributed by atoms with Crippen molar-refractivity contribution in [2.24, 2.45) is 0 Å². The standard InChI is InChI=1S/C26H25NO2SSi/c1-22-14-16-25(17-15-22)30(28,29)27(20-18-23-10-6-5-7-11-23)26-13-9-8-12-24(26)19-21-31(2,3)4/h5-17H,1-4H3. The minimum absolute atomic E-state index is 0.188. The second-order valence-electron chi connectivity index (χ2n) is 8.20. The molecule has 0 aromatic heterocycles. The van der Waals surface area contributed by atoms with Crippen molar-refractivity contribution in [3.8, 4) is 23.4 Å². The Morgan fingerprint density at radius 1 is 0.774 bits per heavy atom. The molecule has 3 rings (SSSR count). The zero-order valence-corrected chi connectivity index (χ0v) is 20.0. The molecular formula is C26H25NO2SSi. The molecule has 0 heterocycles. The number of sulfonamides is 1. The Kier molecular flexibility index (Phi) is 6.70. The van der Waals surface area contributed by atoms with Gasteiger partial charge in [0, 0.05) is 17.2 Å². The zero-order valence-electron chi connectivity index (χ0n) is 18.2. The molecule has 3 aromatic rings. The van der Waals surface area contributed by atoms with E-state index in [0.717, 1.165) is 15.4 Å². The van der Waals surface area contributed by atoms with E-state index in [2.05, 4.69) is 43.1 Å². The van der Waals surface area contributed by atoms with Gasteiger partial charge in [0.2, 0.25) is 0 Å². The highest BCUT2D eigenvalue weighted by atomic mass is 32.2. The molecule has 0 fully saturated rings. The van der Waals surface area contributed by atoms with Gasteiger partial charge in [-0.1, -0.05) is 73.6 Å². The predicted octanol–water partition coefficient (Wildman–Crippen LogP) is 5.43. The number of rotatable bonds is 3. The molecule has 0 aliphatic rings. The summed E-state index contributed by atoms with van der Waals surface area (Å²) in [5, 5.41) is 0. The van der Waals surface area contributed by atoms with E-state index in [-0.39, 0.29) is 4.90 Å². The molecule has 3 nitrogen and oxygen atoms in total. The van der Waals surface area contributed by atoms with Crippen LogP contribution in [0, 0.1) is 30.4 Å². The summed E-state index contributed by atoms with van der Waals surface area (Å²) < 4.78 is 28.4. The van der Waals surface area contributed by atoms with Crippen LogP contribution in [-0.2, 0) is 10.0 Å². The summed E-state index contributed by atoms with van der Waals surface area (Å²) in [6.45, 7) is 8.38. The van der Waals surface area contributed by atoms with E-state index >= 15 is 0 Å². The molecule has 156 valence electrons. The molecule has 5 heteroatoms. The average Bonchev–Trinajstić information content (AvgIpc) is 2.73. The molecule has 31 heavy (non-hydrogen) atoms. The maximum Gasteiger partial charge on any atom is 0.275 e. The lowest BCUT2D eigenvalue weighted by molar-refractivity contribution is 0.596. The fourth-order valence-corrected chi connectivity index (χ4v) is 4.50. The first-order chi connectivity index (χ1) is 14.7. The monoisotopic (exact) mass is 443 g/mol. The van der Waals surface area contributed by atoms with Crippen molar-refractivity contribution in [3.05, 3.63) is 95.6 Å². The lowest BCUT2D eigenvalue weighted by Gasteiger charge is -2.20. The van der Waals surface area contributed by atoms with Crippen molar-refractivity contribution in [3.63, 3.8) is 0 Å². The minimum Gasteiger partial charge on any atom is -0.200 e. The molecule has 0 atom stereocenters. The van der Waals surface area contributed by atoms with Crippen molar-refractivity contribution >= 4 is 23.8 Å². The largest absolute Gasteiger partial charge is 0.275 e. The highest BCUT2D eigenvalue weighted by Gasteiger charge is 2.25. The number of nitrogens with zero attached hydrogens (tertiary/aromatic N) is 1. The lowest BCUT2D eigenvalue weighted by Crippen LogP contribution is -2.27. The van der Waals surface area contributed by atoms with Crippen molar-refractivity contribution in [1.82, 2.24) is 0 Å². The number of hydrogen-bond donors (Lipinski definition) is 0. The van der Waals surface area contributed by atoms with E-state index in [9.17, 15) is 8.42 Å². The van der Waals surface area contributed by atoms with Gasteiger partial charge in [-0.25, -0.2) is 8.42 Å². The number of anilines is 1. The first-order valence-corrected chi connectivity index (χ1v) is 14.9. The summed E-state index contributed by atoms with van der Waals surface area (Å²) in [5.74, 6) is 6.19. The van der Waals surface area contributed by atoms with Crippen molar-refractivity contribution in [1.29, 1.82) is 0 Å². The van der Waals surface area contributed by atoms with E-state index in [4.69, 9.17) is 0 Å². The van der Waals surface area contributed by atoms with Gasteiger partial charge in [-0.05, 0) is 49.2 Å². The average molecular weight is 444 g/mol. The van der Waals surface area contributed by atoms with Crippen LogP contribution in [0.4, 0.5) is 5.69 Å². The number of para-hydroxylation sites is 1. The first-order valence-electron chi connectivity index (χ1n) is 9.98. The SMILES string of the molecule is Cc1ccc(S(=O)(=O)N(C#Cc2ccccc2)c2ccccc2C#C[Si](C)(C)C)cc1. The van der Waals surface area contributed by atoms with Gasteiger partial charge < -0.3 is 0 Å². The van der Waals surface area contributed by atoms with Crippen molar-refractivity contribution in [2.75, 3.05) is 4.31 Å². The Hall–Kier alpha value is -3.25. The summed E-state index contributed by atoms with van der Waals surface area (Å²) >= 11 is 0. The minimum atomic E-state index is -3.91. The molecule has 0 aliphatic heterocycles. The van der Waals surface area contributed by atoms with Gasteiger partial charge >= 0.3 is 0 Å².